The summed E-state index contributed by atoms with van der Waals surface area (Å²) in [5, 5.41) is 0. The number of nitrogens with one attached hydrogen (secondary N) is 1. The minimum atomic E-state index is -3.46. The number of benzene rings is 1. The van der Waals surface area contributed by atoms with Gasteiger partial charge in [-0.05, 0) is 37.5 Å². The van der Waals surface area contributed by atoms with Gasteiger partial charge in [0.2, 0.25) is 10.0 Å². The molecule has 1 N–H and O–H groups in total. The predicted molar refractivity (Wildman–Crippen MR) is 68.8 cm³/mol. The van der Waals surface area contributed by atoms with Crippen molar-refractivity contribution in [2.24, 2.45) is 0 Å². The van der Waals surface area contributed by atoms with Crippen LogP contribution >= 0.6 is 0 Å². The maximum absolute atomic E-state index is 12.1. The SMILES string of the molecule is Cc1cccc(S(=O)(=O)NC2CCC(=O)CC2)c1. The average Bonchev–Trinajstić information content (AvgIpc) is 2.32. The van der Waals surface area contributed by atoms with Crippen molar-refractivity contribution >= 4 is 15.8 Å². The average molecular weight is 267 g/mol. The van der Waals surface area contributed by atoms with Crippen molar-refractivity contribution in [2.75, 3.05) is 0 Å². The highest BCUT2D eigenvalue weighted by Crippen LogP contribution is 2.18. The van der Waals surface area contributed by atoms with Crippen LogP contribution in [0.3, 0.4) is 0 Å². The van der Waals surface area contributed by atoms with E-state index in [1.54, 1.807) is 18.2 Å². The lowest BCUT2D eigenvalue weighted by Crippen LogP contribution is -2.37. The van der Waals surface area contributed by atoms with Gasteiger partial charge in [-0.2, -0.15) is 0 Å². The van der Waals surface area contributed by atoms with Gasteiger partial charge in [0.05, 0.1) is 4.90 Å². The van der Waals surface area contributed by atoms with Crippen molar-refractivity contribution in [2.45, 2.75) is 43.5 Å². The number of ketones is 1. The molecular weight excluding hydrogens is 250 g/mol. The summed E-state index contributed by atoms with van der Waals surface area (Å²) in [6.07, 6.45) is 2.15. The molecule has 1 fully saturated rings. The molecule has 1 saturated carbocycles. The third-order valence-electron chi connectivity index (χ3n) is 3.16. The Hall–Kier alpha value is -1.20. The normalized spacial score (nSPS) is 17.9. The van der Waals surface area contributed by atoms with E-state index in [2.05, 4.69) is 4.72 Å². The fourth-order valence-electron chi connectivity index (χ4n) is 2.13. The van der Waals surface area contributed by atoms with E-state index in [4.69, 9.17) is 0 Å². The smallest absolute Gasteiger partial charge is 0.240 e. The molecule has 0 spiro atoms. The number of sulfonamides is 1. The van der Waals surface area contributed by atoms with Crippen LogP contribution in [0, 0.1) is 6.92 Å². The lowest BCUT2D eigenvalue weighted by Gasteiger charge is -2.22. The lowest BCUT2D eigenvalue weighted by molar-refractivity contribution is -0.120. The molecular formula is C13H17NO3S. The molecule has 98 valence electrons. The molecule has 4 nitrogen and oxygen atoms in total. The molecule has 1 aromatic carbocycles. The zero-order valence-electron chi connectivity index (χ0n) is 10.3. The van der Waals surface area contributed by atoms with Gasteiger partial charge in [0, 0.05) is 18.9 Å². The molecule has 0 aliphatic heterocycles. The van der Waals surface area contributed by atoms with E-state index in [1.165, 1.54) is 0 Å². The van der Waals surface area contributed by atoms with Gasteiger partial charge in [0.15, 0.2) is 0 Å². The van der Waals surface area contributed by atoms with E-state index in [1.807, 2.05) is 13.0 Å². The van der Waals surface area contributed by atoms with Gasteiger partial charge in [-0.15, -0.1) is 0 Å². The maximum Gasteiger partial charge on any atom is 0.240 e. The summed E-state index contributed by atoms with van der Waals surface area (Å²) in [4.78, 5) is 11.4. The fraction of sp³-hybridized carbons (Fsp3) is 0.462. The predicted octanol–water partition coefficient (Wildman–Crippen LogP) is 1.79. The Kier molecular flexibility index (Phi) is 3.82. The minimum absolute atomic E-state index is 0.117. The van der Waals surface area contributed by atoms with E-state index < -0.39 is 10.0 Å². The Balaban J connectivity index is 2.10. The second kappa shape index (κ2) is 5.20. The first-order valence-corrected chi connectivity index (χ1v) is 7.56. The second-order valence-electron chi connectivity index (χ2n) is 4.75. The fourth-order valence-corrected chi connectivity index (χ4v) is 3.54. The summed E-state index contributed by atoms with van der Waals surface area (Å²) in [6.45, 7) is 1.86. The summed E-state index contributed by atoms with van der Waals surface area (Å²) in [6, 6.07) is 6.71. The topological polar surface area (TPSA) is 63.2 Å². The number of Topliss-reactive ketones (excluding diaryl/α,β-unsaturated/α-hetero) is 1. The van der Waals surface area contributed by atoms with Crippen LogP contribution in [0.15, 0.2) is 29.2 Å². The summed E-state index contributed by atoms with van der Waals surface area (Å²) in [5.74, 6) is 0.223. The number of carbonyl (C=O) groups excluding carboxylic acids is 1. The van der Waals surface area contributed by atoms with Crippen LogP contribution in [0.25, 0.3) is 0 Å². The highest BCUT2D eigenvalue weighted by molar-refractivity contribution is 7.89. The first-order valence-electron chi connectivity index (χ1n) is 6.08. The van der Waals surface area contributed by atoms with Gasteiger partial charge in [-0.1, -0.05) is 12.1 Å². The first-order chi connectivity index (χ1) is 8.47. The van der Waals surface area contributed by atoms with Crippen LogP contribution in [0.4, 0.5) is 0 Å². The number of hydrogen-bond donors (Lipinski definition) is 1. The summed E-state index contributed by atoms with van der Waals surface area (Å²) in [7, 11) is -3.46. The monoisotopic (exact) mass is 267 g/mol. The highest BCUT2D eigenvalue weighted by Gasteiger charge is 2.24. The lowest BCUT2D eigenvalue weighted by atomic mass is 9.95. The minimum Gasteiger partial charge on any atom is -0.300 e. The third kappa shape index (κ3) is 3.17. The van der Waals surface area contributed by atoms with Gasteiger partial charge in [0.1, 0.15) is 5.78 Å². The quantitative estimate of drug-likeness (QED) is 0.908. The van der Waals surface area contributed by atoms with Gasteiger partial charge in [-0.3, -0.25) is 4.79 Å². The molecule has 2 rings (SSSR count). The summed E-state index contributed by atoms with van der Waals surface area (Å²) in [5.41, 5.74) is 0.914. The summed E-state index contributed by atoms with van der Waals surface area (Å²) >= 11 is 0. The van der Waals surface area contributed by atoms with E-state index >= 15 is 0 Å². The molecule has 18 heavy (non-hydrogen) atoms. The molecule has 0 amide bonds. The van der Waals surface area contributed by atoms with Crippen molar-refractivity contribution in [3.8, 4) is 0 Å². The van der Waals surface area contributed by atoms with Crippen LogP contribution < -0.4 is 4.72 Å². The van der Waals surface area contributed by atoms with Crippen molar-refractivity contribution in [3.05, 3.63) is 29.8 Å². The number of carbonyl (C=O) groups is 1. The largest absolute Gasteiger partial charge is 0.300 e. The van der Waals surface area contributed by atoms with Gasteiger partial charge in [-0.25, -0.2) is 13.1 Å². The molecule has 0 radical (unpaired) electrons. The van der Waals surface area contributed by atoms with Crippen molar-refractivity contribution in [1.29, 1.82) is 0 Å². The molecule has 0 atom stereocenters. The van der Waals surface area contributed by atoms with E-state index in [-0.39, 0.29) is 11.8 Å². The van der Waals surface area contributed by atoms with Crippen LogP contribution in [0.1, 0.15) is 31.2 Å². The third-order valence-corrected chi connectivity index (χ3v) is 4.68. The Morgan fingerprint density at radius 1 is 1.22 bits per heavy atom. The Labute approximate surface area is 107 Å². The van der Waals surface area contributed by atoms with Gasteiger partial charge >= 0.3 is 0 Å². The molecule has 0 bridgehead atoms. The molecule has 1 aliphatic rings. The van der Waals surface area contributed by atoms with E-state index in [9.17, 15) is 13.2 Å². The number of aryl methyl sites for hydroxylation is 1. The number of hydrogen-bond acceptors (Lipinski definition) is 3. The zero-order chi connectivity index (χ0) is 13.2. The zero-order valence-corrected chi connectivity index (χ0v) is 11.2. The van der Waals surface area contributed by atoms with Crippen molar-refractivity contribution in [3.63, 3.8) is 0 Å². The molecule has 5 heteroatoms. The Morgan fingerprint density at radius 2 is 1.89 bits per heavy atom. The van der Waals surface area contributed by atoms with Gasteiger partial charge in [0.25, 0.3) is 0 Å². The van der Waals surface area contributed by atoms with Crippen molar-refractivity contribution in [1.82, 2.24) is 4.72 Å². The van der Waals surface area contributed by atoms with E-state index in [0.717, 1.165) is 5.56 Å². The standard InChI is InChI=1S/C13H17NO3S/c1-10-3-2-4-13(9-10)18(16,17)14-11-5-7-12(15)8-6-11/h2-4,9,11,14H,5-8H2,1H3. The molecule has 0 saturated heterocycles. The second-order valence-corrected chi connectivity index (χ2v) is 6.46. The number of rotatable bonds is 3. The molecule has 1 aliphatic carbocycles. The Morgan fingerprint density at radius 3 is 2.50 bits per heavy atom. The van der Waals surface area contributed by atoms with E-state index in [0.29, 0.717) is 30.6 Å². The molecule has 1 aromatic rings. The highest BCUT2D eigenvalue weighted by atomic mass is 32.2. The summed E-state index contributed by atoms with van der Waals surface area (Å²) < 4.78 is 27.0. The molecule has 0 aromatic heterocycles. The molecule has 0 heterocycles. The Bertz CT molecular complexity index is 541. The van der Waals surface area contributed by atoms with Gasteiger partial charge < -0.3 is 0 Å². The van der Waals surface area contributed by atoms with Crippen LogP contribution in [-0.2, 0) is 14.8 Å². The first kappa shape index (κ1) is 13.2. The van der Waals surface area contributed by atoms with Crippen LogP contribution in [0.2, 0.25) is 0 Å². The van der Waals surface area contributed by atoms with Crippen LogP contribution in [-0.4, -0.2) is 20.2 Å². The van der Waals surface area contributed by atoms with Crippen molar-refractivity contribution < 1.29 is 13.2 Å². The molecule has 0 unspecified atom stereocenters. The maximum atomic E-state index is 12.1. The van der Waals surface area contributed by atoms with Crippen LogP contribution in [0.5, 0.6) is 0 Å².